The van der Waals surface area contributed by atoms with E-state index >= 15 is 0 Å². The van der Waals surface area contributed by atoms with Crippen LogP contribution in [0.4, 0.5) is 4.79 Å². The summed E-state index contributed by atoms with van der Waals surface area (Å²) in [6.45, 7) is 8.82. The Balaban J connectivity index is 1.64. The predicted molar refractivity (Wildman–Crippen MR) is 142 cm³/mol. The van der Waals surface area contributed by atoms with Crippen LogP contribution in [0.3, 0.4) is 0 Å². The molecule has 0 radical (unpaired) electrons. The summed E-state index contributed by atoms with van der Waals surface area (Å²) >= 11 is 0. The number of carboxylic acid groups (broad SMARTS) is 1. The molecule has 12 heteroatoms. The van der Waals surface area contributed by atoms with E-state index in [9.17, 15) is 24.3 Å². The lowest BCUT2D eigenvalue weighted by atomic mass is 10.1. The van der Waals surface area contributed by atoms with Crippen molar-refractivity contribution in [1.29, 1.82) is 0 Å². The van der Waals surface area contributed by atoms with E-state index in [0.717, 1.165) is 0 Å². The highest BCUT2D eigenvalue weighted by Gasteiger charge is 2.62. The van der Waals surface area contributed by atoms with Crippen molar-refractivity contribution in [3.8, 4) is 11.5 Å². The number of nitrogens with one attached hydrogen (secondary N) is 1. The molecule has 4 atom stereocenters. The number of carbonyl (C=O) groups excluding carboxylic acids is 3. The lowest BCUT2D eigenvalue weighted by Gasteiger charge is -2.28. The van der Waals surface area contributed by atoms with Crippen LogP contribution in [0.25, 0.3) is 10.9 Å². The van der Waals surface area contributed by atoms with E-state index in [4.69, 9.17) is 18.9 Å². The minimum Gasteiger partial charge on any atom is -0.497 e. The van der Waals surface area contributed by atoms with Crippen molar-refractivity contribution in [2.45, 2.75) is 56.9 Å². The maximum absolute atomic E-state index is 13.5. The summed E-state index contributed by atoms with van der Waals surface area (Å²) in [6.07, 6.45) is 0.535. The van der Waals surface area contributed by atoms with Gasteiger partial charge in [0, 0.05) is 29.9 Å². The molecule has 4 rings (SSSR count). The number of ether oxygens (including phenoxy) is 4. The van der Waals surface area contributed by atoms with Gasteiger partial charge in [0.2, 0.25) is 5.91 Å². The Kier molecular flexibility index (Phi) is 7.64. The van der Waals surface area contributed by atoms with Gasteiger partial charge in [0.05, 0.1) is 26.3 Å². The number of pyridine rings is 1. The first-order valence-electron chi connectivity index (χ1n) is 12.7. The SMILES string of the molecule is C=C[C@H]1C[C@]1(NC(=O)[C@@H]1C[C@@H](Oc2cc(C(=O)O)nc3cc(OC)ccc23)CN1C(=O)OC(C)(C)C)C(=O)OC. The van der Waals surface area contributed by atoms with Gasteiger partial charge in [-0.05, 0) is 39.3 Å². The van der Waals surface area contributed by atoms with E-state index in [-0.39, 0.29) is 30.3 Å². The van der Waals surface area contributed by atoms with Crippen LogP contribution in [0.2, 0.25) is 0 Å². The predicted octanol–water partition coefficient (Wildman–Crippen LogP) is 2.93. The largest absolute Gasteiger partial charge is 0.497 e. The van der Waals surface area contributed by atoms with Gasteiger partial charge in [-0.15, -0.1) is 6.58 Å². The number of aromatic nitrogens is 1. The number of carbonyl (C=O) groups is 4. The zero-order valence-electron chi connectivity index (χ0n) is 23.1. The molecule has 40 heavy (non-hydrogen) atoms. The number of carboxylic acids is 1. The molecule has 2 aliphatic rings. The van der Waals surface area contributed by atoms with Crippen molar-refractivity contribution < 1.29 is 43.2 Å². The fourth-order valence-corrected chi connectivity index (χ4v) is 4.83. The topological polar surface area (TPSA) is 154 Å². The smallest absolute Gasteiger partial charge is 0.411 e. The van der Waals surface area contributed by atoms with Gasteiger partial charge in [0.1, 0.15) is 34.8 Å². The van der Waals surface area contributed by atoms with Crippen molar-refractivity contribution in [1.82, 2.24) is 15.2 Å². The molecule has 12 nitrogen and oxygen atoms in total. The van der Waals surface area contributed by atoms with Gasteiger partial charge in [-0.2, -0.15) is 0 Å². The van der Waals surface area contributed by atoms with Crippen LogP contribution in [0.1, 0.15) is 44.1 Å². The summed E-state index contributed by atoms with van der Waals surface area (Å²) in [6, 6.07) is 5.24. The summed E-state index contributed by atoms with van der Waals surface area (Å²) in [7, 11) is 2.72. The quantitative estimate of drug-likeness (QED) is 0.367. The molecule has 0 spiro atoms. The molecule has 1 aromatic heterocycles. The van der Waals surface area contributed by atoms with Gasteiger partial charge in [0.25, 0.3) is 0 Å². The van der Waals surface area contributed by atoms with Crippen LogP contribution < -0.4 is 14.8 Å². The van der Waals surface area contributed by atoms with Crippen LogP contribution in [0.5, 0.6) is 11.5 Å². The summed E-state index contributed by atoms with van der Waals surface area (Å²) in [5, 5.41) is 12.9. The zero-order valence-corrected chi connectivity index (χ0v) is 23.1. The summed E-state index contributed by atoms with van der Waals surface area (Å²) in [5.41, 5.74) is -1.97. The summed E-state index contributed by atoms with van der Waals surface area (Å²) < 4.78 is 21.9. The molecule has 1 aromatic carbocycles. The molecular formula is C28H33N3O9. The first kappa shape index (κ1) is 28.7. The van der Waals surface area contributed by atoms with Crippen LogP contribution in [-0.4, -0.2) is 83.0 Å². The highest BCUT2D eigenvalue weighted by Crippen LogP contribution is 2.45. The number of methoxy groups -OCH3 is 2. The monoisotopic (exact) mass is 555 g/mol. The second-order valence-electron chi connectivity index (χ2n) is 10.8. The average Bonchev–Trinajstić information content (AvgIpc) is 3.45. The molecule has 0 bridgehead atoms. The van der Waals surface area contributed by atoms with E-state index in [1.807, 2.05) is 0 Å². The minimum absolute atomic E-state index is 0.0223. The van der Waals surface area contributed by atoms with Crippen LogP contribution >= 0.6 is 0 Å². The van der Waals surface area contributed by atoms with E-state index < -0.39 is 47.2 Å². The number of aromatic carboxylic acids is 1. The maximum Gasteiger partial charge on any atom is 0.411 e. The molecule has 1 aliphatic heterocycles. The van der Waals surface area contributed by atoms with Crippen molar-refractivity contribution in [2.75, 3.05) is 20.8 Å². The Morgan fingerprint density at radius 1 is 1.20 bits per heavy atom. The number of fused-ring (bicyclic) bond motifs is 1. The highest BCUT2D eigenvalue weighted by molar-refractivity contribution is 5.95. The summed E-state index contributed by atoms with van der Waals surface area (Å²) in [4.78, 5) is 56.4. The first-order valence-corrected chi connectivity index (χ1v) is 12.7. The fraction of sp³-hybridized carbons (Fsp3) is 0.464. The molecule has 1 aliphatic carbocycles. The second kappa shape index (κ2) is 10.7. The molecule has 214 valence electrons. The number of nitrogens with zero attached hydrogens (tertiary/aromatic N) is 2. The number of hydrogen-bond donors (Lipinski definition) is 2. The molecule has 2 fully saturated rings. The van der Waals surface area contributed by atoms with E-state index in [0.29, 0.717) is 23.1 Å². The zero-order chi connectivity index (χ0) is 29.4. The fourth-order valence-electron chi connectivity index (χ4n) is 4.83. The van der Waals surface area contributed by atoms with E-state index in [1.54, 1.807) is 45.0 Å². The van der Waals surface area contributed by atoms with Crippen LogP contribution in [0.15, 0.2) is 36.9 Å². The Labute approximate surface area is 231 Å². The Morgan fingerprint density at radius 3 is 2.50 bits per heavy atom. The number of hydrogen-bond acceptors (Lipinski definition) is 9. The van der Waals surface area contributed by atoms with E-state index in [2.05, 4.69) is 16.9 Å². The third-order valence-corrected chi connectivity index (χ3v) is 6.88. The highest BCUT2D eigenvalue weighted by atomic mass is 16.6. The standard InChI is InChI=1S/C28H33N3O9/c1-7-15-13-28(15,25(35)38-6)30-23(32)21-11-17(14-31(21)26(36)40-27(2,3)4)39-22-12-20(24(33)34)29-19-10-16(37-5)8-9-18(19)22/h7-10,12,15,17,21H,1,11,13-14H2,2-6H3,(H,30,32)(H,33,34)/t15-,17+,21-,28+/m0/s1. The van der Waals surface area contributed by atoms with E-state index in [1.165, 1.54) is 25.2 Å². The molecule has 1 saturated carbocycles. The molecule has 2 aromatic rings. The van der Waals surface area contributed by atoms with Crippen LogP contribution in [-0.2, 0) is 19.1 Å². The first-order chi connectivity index (χ1) is 18.8. The lowest BCUT2D eigenvalue weighted by Crippen LogP contribution is -2.53. The molecule has 2 N–H and O–H groups in total. The van der Waals surface area contributed by atoms with Gasteiger partial charge in [-0.1, -0.05) is 6.08 Å². The number of amides is 2. The minimum atomic E-state index is -1.25. The Morgan fingerprint density at radius 2 is 1.93 bits per heavy atom. The lowest BCUT2D eigenvalue weighted by molar-refractivity contribution is -0.147. The van der Waals surface area contributed by atoms with Crippen LogP contribution in [0, 0.1) is 5.92 Å². The molecular weight excluding hydrogens is 522 g/mol. The van der Waals surface area contributed by atoms with Gasteiger partial charge < -0.3 is 29.4 Å². The van der Waals surface area contributed by atoms with Crippen molar-refractivity contribution in [2.24, 2.45) is 5.92 Å². The van der Waals surface area contributed by atoms with Gasteiger partial charge in [-0.25, -0.2) is 19.4 Å². The number of rotatable bonds is 8. The van der Waals surface area contributed by atoms with Gasteiger partial charge >= 0.3 is 18.0 Å². The third-order valence-electron chi connectivity index (χ3n) is 6.88. The molecule has 2 heterocycles. The van der Waals surface area contributed by atoms with Crippen molar-refractivity contribution in [3.05, 3.63) is 42.6 Å². The molecule has 1 saturated heterocycles. The molecule has 2 amide bonds. The Hall–Kier alpha value is -4.35. The number of likely N-dealkylation sites (tertiary alicyclic amines) is 1. The van der Waals surface area contributed by atoms with Gasteiger partial charge in [-0.3, -0.25) is 9.69 Å². The summed E-state index contributed by atoms with van der Waals surface area (Å²) in [5.74, 6) is -2.01. The second-order valence-corrected chi connectivity index (χ2v) is 10.8. The van der Waals surface area contributed by atoms with Crippen molar-refractivity contribution >= 4 is 34.8 Å². The van der Waals surface area contributed by atoms with Gasteiger partial charge in [0.15, 0.2) is 5.69 Å². The molecule has 0 unspecified atom stereocenters. The number of benzene rings is 1. The normalized spacial score (nSPS) is 23.7. The Bertz CT molecular complexity index is 1370. The third kappa shape index (κ3) is 5.65. The van der Waals surface area contributed by atoms with Crippen molar-refractivity contribution in [3.63, 3.8) is 0 Å². The average molecular weight is 556 g/mol. The number of esters is 1. The maximum atomic E-state index is 13.5.